The maximum Gasteiger partial charge on any atom is 0.0949 e. The van der Waals surface area contributed by atoms with Gasteiger partial charge < -0.3 is 14.8 Å². The van der Waals surface area contributed by atoms with E-state index in [2.05, 4.69) is 33.6 Å². The van der Waals surface area contributed by atoms with Crippen LogP contribution in [0.15, 0.2) is 12.5 Å². The van der Waals surface area contributed by atoms with Gasteiger partial charge in [-0.05, 0) is 25.9 Å². The van der Waals surface area contributed by atoms with Crippen molar-refractivity contribution in [1.29, 1.82) is 0 Å². The molecule has 1 aromatic heterocycles. The van der Waals surface area contributed by atoms with Crippen LogP contribution in [0.2, 0.25) is 0 Å². The van der Waals surface area contributed by atoms with Crippen LogP contribution in [0.4, 0.5) is 0 Å². The maximum absolute atomic E-state index is 4.27. The van der Waals surface area contributed by atoms with Gasteiger partial charge >= 0.3 is 0 Å². The zero-order valence-electron chi connectivity index (χ0n) is 11.7. The number of likely N-dealkylation sites (tertiary alicyclic amines) is 1. The van der Waals surface area contributed by atoms with Crippen molar-refractivity contribution >= 4 is 0 Å². The summed E-state index contributed by atoms with van der Waals surface area (Å²) in [6.07, 6.45) is 8.08. The number of nitrogens with zero attached hydrogens (tertiary/aromatic N) is 3. The average molecular weight is 250 g/mol. The summed E-state index contributed by atoms with van der Waals surface area (Å²) < 4.78 is 2.28. The van der Waals surface area contributed by atoms with Crippen molar-refractivity contribution < 1.29 is 0 Å². The van der Waals surface area contributed by atoms with Crippen LogP contribution in [0.25, 0.3) is 0 Å². The second-order valence-electron chi connectivity index (χ2n) is 5.52. The molecule has 2 heterocycles. The molecule has 1 N–H and O–H groups in total. The normalized spacial score (nSPS) is 17.5. The molecule has 4 heteroatoms. The predicted molar refractivity (Wildman–Crippen MR) is 74.5 cm³/mol. The van der Waals surface area contributed by atoms with E-state index in [0.29, 0.717) is 6.04 Å². The minimum absolute atomic E-state index is 0.524. The molecule has 0 bridgehead atoms. The quantitative estimate of drug-likeness (QED) is 0.836. The molecule has 0 spiro atoms. The first-order chi connectivity index (χ1) is 8.75. The Balaban J connectivity index is 1.79. The van der Waals surface area contributed by atoms with Crippen molar-refractivity contribution in [3.63, 3.8) is 0 Å². The monoisotopic (exact) mass is 250 g/mol. The molecule has 1 saturated heterocycles. The zero-order valence-corrected chi connectivity index (χ0v) is 11.7. The largest absolute Gasteiger partial charge is 0.332 e. The summed E-state index contributed by atoms with van der Waals surface area (Å²) >= 11 is 0. The van der Waals surface area contributed by atoms with E-state index in [4.69, 9.17) is 0 Å². The summed E-state index contributed by atoms with van der Waals surface area (Å²) in [5.74, 6) is 0. The lowest BCUT2D eigenvalue weighted by Crippen LogP contribution is -2.33. The molecule has 1 aliphatic heterocycles. The number of nitrogens with one attached hydrogen (secondary N) is 1. The van der Waals surface area contributed by atoms with E-state index >= 15 is 0 Å². The van der Waals surface area contributed by atoms with Gasteiger partial charge in [-0.1, -0.05) is 20.3 Å². The predicted octanol–water partition coefficient (Wildman–Crippen LogP) is 1.87. The van der Waals surface area contributed by atoms with Gasteiger partial charge in [-0.2, -0.15) is 0 Å². The van der Waals surface area contributed by atoms with Gasteiger partial charge in [0.1, 0.15) is 0 Å². The van der Waals surface area contributed by atoms with Crippen LogP contribution < -0.4 is 5.32 Å². The average Bonchev–Trinajstić information content (AvgIpc) is 2.82. The molecule has 0 unspecified atom stereocenters. The van der Waals surface area contributed by atoms with Crippen LogP contribution in [0.3, 0.4) is 0 Å². The van der Waals surface area contributed by atoms with Crippen LogP contribution in [-0.2, 0) is 13.1 Å². The summed E-state index contributed by atoms with van der Waals surface area (Å²) in [6, 6.07) is 0.524. The minimum atomic E-state index is 0.524. The molecule has 1 aromatic rings. The van der Waals surface area contributed by atoms with Gasteiger partial charge in [0, 0.05) is 31.9 Å². The maximum atomic E-state index is 4.27. The van der Waals surface area contributed by atoms with Crippen LogP contribution in [-0.4, -0.2) is 40.1 Å². The molecule has 1 aliphatic rings. The molecule has 18 heavy (non-hydrogen) atoms. The van der Waals surface area contributed by atoms with Crippen molar-refractivity contribution in [2.24, 2.45) is 0 Å². The van der Waals surface area contributed by atoms with Gasteiger partial charge in [-0.3, -0.25) is 0 Å². The van der Waals surface area contributed by atoms with E-state index in [1.54, 1.807) is 0 Å². The van der Waals surface area contributed by atoms with E-state index in [9.17, 15) is 0 Å². The lowest BCUT2D eigenvalue weighted by molar-refractivity contribution is 0.220. The molecule has 1 fully saturated rings. The van der Waals surface area contributed by atoms with Crippen LogP contribution in [0.1, 0.15) is 38.8 Å². The molecular weight excluding hydrogens is 224 g/mol. The summed E-state index contributed by atoms with van der Waals surface area (Å²) in [5.41, 5.74) is 1.29. The first-order valence-corrected chi connectivity index (χ1v) is 7.20. The summed E-state index contributed by atoms with van der Waals surface area (Å²) in [7, 11) is 0. The zero-order chi connectivity index (χ0) is 12.8. The lowest BCUT2D eigenvalue weighted by Gasteiger charge is -2.26. The number of rotatable bonds is 6. The highest BCUT2D eigenvalue weighted by Gasteiger charge is 2.10. The molecule has 4 nitrogen and oxygen atoms in total. The second-order valence-corrected chi connectivity index (χ2v) is 5.52. The number of hydrogen-bond acceptors (Lipinski definition) is 3. The number of hydrogen-bond donors (Lipinski definition) is 1. The van der Waals surface area contributed by atoms with Crippen LogP contribution in [0.5, 0.6) is 0 Å². The third kappa shape index (κ3) is 4.10. The fraction of sp³-hybridized carbons (Fsp3) is 0.786. The van der Waals surface area contributed by atoms with Crippen molar-refractivity contribution in [1.82, 2.24) is 19.8 Å². The van der Waals surface area contributed by atoms with Crippen molar-refractivity contribution in [3.05, 3.63) is 18.2 Å². The molecule has 0 aromatic carbocycles. The SMILES string of the molecule is CC(C)NCc1cncn1CCN1CCCCC1. The van der Waals surface area contributed by atoms with Crippen LogP contribution >= 0.6 is 0 Å². The molecule has 0 aliphatic carbocycles. The molecule has 0 radical (unpaired) electrons. The fourth-order valence-electron chi connectivity index (χ4n) is 2.44. The lowest BCUT2D eigenvalue weighted by atomic mass is 10.1. The summed E-state index contributed by atoms with van der Waals surface area (Å²) in [6.45, 7) is 10.0. The topological polar surface area (TPSA) is 33.1 Å². The molecule has 2 rings (SSSR count). The van der Waals surface area contributed by atoms with Crippen molar-refractivity contribution in [2.75, 3.05) is 19.6 Å². The molecule has 102 valence electrons. The first kappa shape index (κ1) is 13.6. The van der Waals surface area contributed by atoms with Gasteiger partial charge in [0.25, 0.3) is 0 Å². The van der Waals surface area contributed by atoms with Gasteiger partial charge in [-0.15, -0.1) is 0 Å². The number of piperidine rings is 1. The van der Waals surface area contributed by atoms with Crippen molar-refractivity contribution in [3.8, 4) is 0 Å². The van der Waals surface area contributed by atoms with Crippen LogP contribution in [0, 0.1) is 0 Å². The second kappa shape index (κ2) is 6.90. The Hall–Kier alpha value is -0.870. The molecule has 0 saturated carbocycles. The van der Waals surface area contributed by atoms with E-state index in [1.165, 1.54) is 38.0 Å². The summed E-state index contributed by atoms with van der Waals surface area (Å²) in [5, 5.41) is 3.45. The standard InChI is InChI=1S/C14H26N4/c1-13(2)16-11-14-10-15-12-18(14)9-8-17-6-4-3-5-7-17/h10,12-13,16H,3-9,11H2,1-2H3. The highest BCUT2D eigenvalue weighted by molar-refractivity contribution is 4.98. The van der Waals surface area contributed by atoms with E-state index in [1.807, 2.05) is 12.5 Å². The van der Waals surface area contributed by atoms with E-state index in [0.717, 1.165) is 19.6 Å². The minimum Gasteiger partial charge on any atom is -0.332 e. The fourth-order valence-corrected chi connectivity index (χ4v) is 2.44. The van der Waals surface area contributed by atoms with Crippen molar-refractivity contribution in [2.45, 2.75) is 52.2 Å². The highest BCUT2D eigenvalue weighted by Crippen LogP contribution is 2.09. The van der Waals surface area contributed by atoms with Gasteiger partial charge in [0.2, 0.25) is 0 Å². The third-order valence-corrected chi connectivity index (χ3v) is 3.60. The van der Waals surface area contributed by atoms with Gasteiger partial charge in [-0.25, -0.2) is 4.98 Å². The number of aromatic nitrogens is 2. The Labute approximate surface area is 110 Å². The van der Waals surface area contributed by atoms with Gasteiger partial charge in [0.15, 0.2) is 0 Å². The third-order valence-electron chi connectivity index (χ3n) is 3.60. The van der Waals surface area contributed by atoms with Gasteiger partial charge in [0.05, 0.1) is 12.0 Å². The van der Waals surface area contributed by atoms with E-state index < -0.39 is 0 Å². The first-order valence-electron chi connectivity index (χ1n) is 7.20. The molecular formula is C14H26N4. The Morgan fingerprint density at radius 1 is 1.22 bits per heavy atom. The Morgan fingerprint density at radius 2 is 2.00 bits per heavy atom. The summed E-state index contributed by atoms with van der Waals surface area (Å²) in [4.78, 5) is 6.84. The molecule has 0 atom stereocenters. The smallest absolute Gasteiger partial charge is 0.0949 e. The highest BCUT2D eigenvalue weighted by atomic mass is 15.2. The molecule has 0 amide bonds. The Bertz CT molecular complexity index is 339. The number of imidazole rings is 1. The Morgan fingerprint density at radius 3 is 2.72 bits per heavy atom. The Kier molecular flexibility index (Phi) is 5.20. The van der Waals surface area contributed by atoms with E-state index in [-0.39, 0.29) is 0 Å².